The summed E-state index contributed by atoms with van der Waals surface area (Å²) in [4.78, 5) is 0. The van der Waals surface area contributed by atoms with Gasteiger partial charge in [-0.15, -0.1) is 0 Å². The second-order valence-electron chi connectivity index (χ2n) is 2.95. The van der Waals surface area contributed by atoms with E-state index in [1.54, 1.807) is 0 Å². The van der Waals surface area contributed by atoms with Crippen molar-refractivity contribution in [1.29, 1.82) is 5.26 Å². The molecule has 64 valence electrons. The fraction of sp³-hybridized carbons (Fsp3) is 0.100. The SMILES string of the molecule is Cc1c(C#N)c(N)n2ccccc12. The van der Waals surface area contributed by atoms with Crippen LogP contribution in [0.3, 0.4) is 0 Å². The number of nitrogens with zero attached hydrogens (tertiary/aromatic N) is 2. The Morgan fingerprint density at radius 1 is 1.46 bits per heavy atom. The van der Waals surface area contributed by atoms with E-state index in [0.717, 1.165) is 11.1 Å². The van der Waals surface area contributed by atoms with Crippen molar-refractivity contribution in [2.24, 2.45) is 0 Å². The Morgan fingerprint density at radius 2 is 2.23 bits per heavy atom. The minimum atomic E-state index is 0.524. The second-order valence-corrected chi connectivity index (χ2v) is 2.95. The smallest absolute Gasteiger partial charge is 0.126 e. The first-order valence-corrected chi connectivity index (χ1v) is 4.01. The van der Waals surface area contributed by atoms with E-state index in [-0.39, 0.29) is 0 Å². The van der Waals surface area contributed by atoms with Crippen molar-refractivity contribution in [3.8, 4) is 6.07 Å². The molecule has 3 heteroatoms. The van der Waals surface area contributed by atoms with E-state index in [1.807, 2.05) is 35.7 Å². The topological polar surface area (TPSA) is 54.2 Å². The van der Waals surface area contributed by atoms with Gasteiger partial charge >= 0.3 is 0 Å². The molecular weight excluding hydrogens is 162 g/mol. The number of pyridine rings is 1. The first-order chi connectivity index (χ1) is 6.25. The molecule has 0 aliphatic rings. The van der Waals surface area contributed by atoms with Crippen LogP contribution in [0, 0.1) is 18.3 Å². The minimum absolute atomic E-state index is 0.524. The third-order valence-electron chi connectivity index (χ3n) is 2.25. The van der Waals surface area contributed by atoms with Crippen molar-refractivity contribution < 1.29 is 0 Å². The Labute approximate surface area is 76.0 Å². The molecule has 0 aliphatic heterocycles. The molecule has 0 bridgehead atoms. The van der Waals surface area contributed by atoms with Crippen LogP contribution in [-0.4, -0.2) is 4.40 Å². The molecule has 0 fully saturated rings. The van der Waals surface area contributed by atoms with Gasteiger partial charge in [0.15, 0.2) is 0 Å². The molecule has 13 heavy (non-hydrogen) atoms. The maximum atomic E-state index is 8.86. The third-order valence-corrected chi connectivity index (χ3v) is 2.25. The third kappa shape index (κ3) is 0.890. The van der Waals surface area contributed by atoms with Gasteiger partial charge in [0.05, 0.1) is 11.1 Å². The highest BCUT2D eigenvalue weighted by molar-refractivity contribution is 5.71. The molecule has 2 heterocycles. The van der Waals surface area contributed by atoms with Gasteiger partial charge in [-0.1, -0.05) is 6.07 Å². The molecule has 2 rings (SSSR count). The van der Waals surface area contributed by atoms with Gasteiger partial charge < -0.3 is 10.1 Å². The van der Waals surface area contributed by atoms with Crippen LogP contribution in [0.5, 0.6) is 0 Å². The Kier molecular flexibility index (Phi) is 1.49. The van der Waals surface area contributed by atoms with E-state index in [4.69, 9.17) is 11.0 Å². The van der Waals surface area contributed by atoms with E-state index in [0.29, 0.717) is 11.4 Å². The van der Waals surface area contributed by atoms with Crippen molar-refractivity contribution in [2.75, 3.05) is 5.73 Å². The highest BCUT2D eigenvalue weighted by Gasteiger charge is 2.10. The van der Waals surface area contributed by atoms with Gasteiger partial charge in [-0.2, -0.15) is 5.26 Å². The van der Waals surface area contributed by atoms with Gasteiger partial charge in [0.2, 0.25) is 0 Å². The molecule has 0 saturated heterocycles. The van der Waals surface area contributed by atoms with Crippen LogP contribution < -0.4 is 5.73 Å². The summed E-state index contributed by atoms with van der Waals surface area (Å²) in [6, 6.07) is 7.88. The number of nitrogens with two attached hydrogens (primary N) is 1. The van der Waals surface area contributed by atoms with E-state index in [9.17, 15) is 0 Å². The Balaban J connectivity index is 2.99. The number of hydrogen-bond acceptors (Lipinski definition) is 2. The fourth-order valence-electron chi connectivity index (χ4n) is 1.54. The average Bonchev–Trinajstić information content (AvgIpc) is 2.41. The summed E-state index contributed by atoms with van der Waals surface area (Å²) in [6.07, 6.45) is 1.86. The van der Waals surface area contributed by atoms with Crippen molar-refractivity contribution in [3.05, 3.63) is 35.5 Å². The largest absolute Gasteiger partial charge is 0.384 e. The van der Waals surface area contributed by atoms with E-state index in [1.165, 1.54) is 0 Å². The Bertz CT molecular complexity index is 464. The monoisotopic (exact) mass is 171 g/mol. The minimum Gasteiger partial charge on any atom is -0.384 e. The molecule has 0 saturated carbocycles. The summed E-state index contributed by atoms with van der Waals surface area (Å²) in [6.45, 7) is 1.91. The molecule has 2 N–H and O–H groups in total. The van der Waals surface area contributed by atoms with Gasteiger partial charge in [0, 0.05) is 6.20 Å². The predicted octanol–water partition coefficient (Wildman–Crippen LogP) is 1.70. The molecule has 0 atom stereocenters. The van der Waals surface area contributed by atoms with Gasteiger partial charge in [-0.25, -0.2) is 0 Å². The van der Waals surface area contributed by atoms with Gasteiger partial charge in [0.25, 0.3) is 0 Å². The number of nitriles is 1. The lowest BCUT2D eigenvalue weighted by Gasteiger charge is -1.94. The molecule has 0 amide bonds. The summed E-state index contributed by atoms with van der Waals surface area (Å²) >= 11 is 0. The van der Waals surface area contributed by atoms with E-state index >= 15 is 0 Å². The molecule has 0 aromatic carbocycles. The predicted molar refractivity (Wildman–Crippen MR) is 51.3 cm³/mol. The van der Waals surface area contributed by atoms with E-state index < -0.39 is 0 Å². The zero-order valence-electron chi connectivity index (χ0n) is 7.28. The first-order valence-electron chi connectivity index (χ1n) is 4.01. The number of hydrogen-bond donors (Lipinski definition) is 1. The zero-order chi connectivity index (χ0) is 9.42. The number of fused-ring (bicyclic) bond motifs is 1. The molecule has 0 aliphatic carbocycles. The van der Waals surface area contributed by atoms with Gasteiger partial charge in [-0.05, 0) is 24.6 Å². The van der Waals surface area contributed by atoms with Crippen molar-refractivity contribution in [2.45, 2.75) is 6.92 Å². The zero-order valence-corrected chi connectivity index (χ0v) is 7.28. The van der Waals surface area contributed by atoms with Gasteiger partial charge in [-0.3, -0.25) is 0 Å². The van der Waals surface area contributed by atoms with Gasteiger partial charge in [0.1, 0.15) is 11.9 Å². The first kappa shape index (κ1) is 7.69. The maximum absolute atomic E-state index is 8.86. The molecular formula is C10H9N3. The molecule has 0 spiro atoms. The van der Waals surface area contributed by atoms with Crippen LogP contribution in [0.1, 0.15) is 11.1 Å². The van der Waals surface area contributed by atoms with Crippen LogP contribution in [0.15, 0.2) is 24.4 Å². The quantitative estimate of drug-likeness (QED) is 0.655. The standard InChI is InChI=1S/C10H9N3/c1-7-8(6-11)10(12)13-5-3-2-4-9(7)13/h2-5H,12H2,1H3. The normalized spacial score (nSPS) is 10.2. The van der Waals surface area contributed by atoms with Crippen molar-refractivity contribution in [3.63, 3.8) is 0 Å². The lowest BCUT2D eigenvalue weighted by molar-refractivity contribution is 1.20. The summed E-state index contributed by atoms with van der Waals surface area (Å²) in [5.41, 5.74) is 8.31. The lowest BCUT2D eigenvalue weighted by Crippen LogP contribution is -1.92. The van der Waals surface area contributed by atoms with Crippen LogP contribution in [-0.2, 0) is 0 Å². The number of rotatable bonds is 0. The molecule has 2 aromatic rings. The summed E-state index contributed by atoms with van der Waals surface area (Å²) in [5, 5.41) is 8.86. The number of aromatic nitrogens is 1. The molecule has 3 nitrogen and oxygen atoms in total. The molecule has 0 unspecified atom stereocenters. The van der Waals surface area contributed by atoms with E-state index in [2.05, 4.69) is 6.07 Å². The number of aryl methyl sites for hydroxylation is 1. The Morgan fingerprint density at radius 3 is 2.85 bits per heavy atom. The van der Waals surface area contributed by atoms with Crippen LogP contribution >= 0.6 is 0 Å². The summed E-state index contributed by atoms with van der Waals surface area (Å²) in [5.74, 6) is 0.524. The van der Waals surface area contributed by atoms with Crippen molar-refractivity contribution in [1.82, 2.24) is 4.40 Å². The lowest BCUT2D eigenvalue weighted by atomic mass is 10.2. The summed E-state index contributed by atoms with van der Waals surface area (Å²) < 4.78 is 1.83. The number of nitrogen functional groups attached to an aromatic ring is 1. The Hall–Kier alpha value is -1.95. The maximum Gasteiger partial charge on any atom is 0.126 e. The van der Waals surface area contributed by atoms with Crippen molar-refractivity contribution >= 4 is 11.3 Å². The highest BCUT2D eigenvalue weighted by atomic mass is 15.0. The summed E-state index contributed by atoms with van der Waals surface area (Å²) in [7, 11) is 0. The van der Waals surface area contributed by atoms with Crippen LogP contribution in [0.25, 0.3) is 5.52 Å². The second kappa shape index (κ2) is 2.53. The average molecular weight is 171 g/mol. The van der Waals surface area contributed by atoms with Crippen LogP contribution in [0.2, 0.25) is 0 Å². The molecule has 2 aromatic heterocycles. The number of anilines is 1. The molecule has 0 radical (unpaired) electrons. The fourth-order valence-corrected chi connectivity index (χ4v) is 1.54. The van der Waals surface area contributed by atoms with Crippen LogP contribution in [0.4, 0.5) is 5.82 Å². The highest BCUT2D eigenvalue weighted by Crippen LogP contribution is 2.23.